The van der Waals surface area contributed by atoms with E-state index in [9.17, 15) is 14.4 Å². The third kappa shape index (κ3) is 5.22. The molecule has 0 unspecified atom stereocenters. The maximum atomic E-state index is 13.6. The van der Waals surface area contributed by atoms with Crippen LogP contribution in [0.15, 0.2) is 94.5 Å². The van der Waals surface area contributed by atoms with E-state index < -0.39 is 17.0 Å². The molecule has 8 heteroatoms. The number of nitrogens with zero attached hydrogens (tertiary/aromatic N) is 3. The number of rotatable bonds is 9. The fraction of sp³-hybridized carbons (Fsp3) is 0.179. The number of carbonyl (C=O) groups excluding carboxylic acids is 1. The largest absolute Gasteiger partial charge is 0.497 e. The summed E-state index contributed by atoms with van der Waals surface area (Å²) < 4.78 is 7.45. The molecule has 0 spiro atoms. The smallest absolute Gasteiger partial charge is 0.332 e. The van der Waals surface area contributed by atoms with Gasteiger partial charge in [-0.15, -0.1) is 0 Å². The molecule has 1 heterocycles. The molecule has 184 valence electrons. The average molecular weight is 485 g/mol. The van der Waals surface area contributed by atoms with Crippen LogP contribution in [0.5, 0.6) is 5.75 Å². The van der Waals surface area contributed by atoms with E-state index in [0.717, 1.165) is 21.4 Å². The van der Waals surface area contributed by atoms with Crippen LogP contribution < -0.4 is 26.6 Å². The Balaban J connectivity index is 1.72. The number of carbonyl (C=O) groups is 1. The second-order valence-corrected chi connectivity index (χ2v) is 8.44. The number of benzene rings is 3. The zero-order valence-electron chi connectivity index (χ0n) is 20.3. The van der Waals surface area contributed by atoms with Crippen molar-refractivity contribution in [3.63, 3.8) is 0 Å². The molecule has 0 aliphatic carbocycles. The van der Waals surface area contributed by atoms with Gasteiger partial charge in [-0.1, -0.05) is 60.7 Å². The minimum absolute atomic E-state index is 0.107. The number of ketones is 1. The summed E-state index contributed by atoms with van der Waals surface area (Å²) in [6, 6.07) is 26.3. The predicted octanol–water partition coefficient (Wildman–Crippen LogP) is 3.08. The number of methoxy groups -OCH3 is 1. The van der Waals surface area contributed by atoms with Crippen LogP contribution in [0.2, 0.25) is 0 Å². The van der Waals surface area contributed by atoms with Crippen molar-refractivity contribution in [3.05, 3.63) is 122 Å². The van der Waals surface area contributed by atoms with E-state index in [1.165, 1.54) is 11.6 Å². The van der Waals surface area contributed by atoms with Gasteiger partial charge in [0.15, 0.2) is 5.78 Å². The summed E-state index contributed by atoms with van der Waals surface area (Å²) in [5.74, 6) is 0.0869. The maximum Gasteiger partial charge on any atom is 0.332 e. The van der Waals surface area contributed by atoms with Crippen molar-refractivity contribution in [2.75, 3.05) is 24.3 Å². The number of ether oxygens (including phenoxy) is 1. The van der Waals surface area contributed by atoms with Gasteiger partial charge in [-0.2, -0.15) is 0 Å². The first-order chi connectivity index (χ1) is 17.4. The van der Waals surface area contributed by atoms with Crippen molar-refractivity contribution < 1.29 is 9.53 Å². The van der Waals surface area contributed by atoms with Crippen molar-refractivity contribution in [2.24, 2.45) is 7.05 Å². The molecule has 0 aliphatic rings. The molecule has 0 radical (unpaired) electrons. The van der Waals surface area contributed by atoms with Crippen molar-refractivity contribution in [3.8, 4) is 5.75 Å². The molecule has 0 atom stereocenters. The first kappa shape index (κ1) is 24.5. The normalized spacial score (nSPS) is 10.7. The number of hydrogen-bond donors (Lipinski definition) is 1. The molecule has 0 fully saturated rings. The van der Waals surface area contributed by atoms with Crippen LogP contribution >= 0.6 is 0 Å². The highest BCUT2D eigenvalue weighted by Gasteiger charge is 2.24. The Labute approximate surface area is 208 Å². The molecule has 8 nitrogen and oxygen atoms in total. The lowest BCUT2D eigenvalue weighted by Crippen LogP contribution is -2.44. The monoisotopic (exact) mass is 484 g/mol. The van der Waals surface area contributed by atoms with Gasteiger partial charge in [0, 0.05) is 19.3 Å². The van der Waals surface area contributed by atoms with Gasteiger partial charge >= 0.3 is 5.69 Å². The van der Waals surface area contributed by atoms with Crippen molar-refractivity contribution in [1.82, 2.24) is 9.13 Å². The lowest BCUT2D eigenvalue weighted by molar-refractivity contribution is 0.0996. The molecule has 3 aromatic carbocycles. The Bertz CT molecular complexity index is 1460. The molecular weight excluding hydrogens is 456 g/mol. The van der Waals surface area contributed by atoms with E-state index in [-0.39, 0.29) is 24.5 Å². The Kier molecular flexibility index (Phi) is 7.34. The summed E-state index contributed by atoms with van der Waals surface area (Å²) in [4.78, 5) is 41.3. The third-order valence-electron chi connectivity index (χ3n) is 6.03. The molecule has 4 aromatic rings. The zero-order valence-corrected chi connectivity index (χ0v) is 20.3. The topological polar surface area (TPSA) is 99.6 Å². The Hall–Kier alpha value is -4.59. The van der Waals surface area contributed by atoms with E-state index in [1.807, 2.05) is 89.8 Å². The van der Waals surface area contributed by atoms with Gasteiger partial charge in [0.25, 0.3) is 5.56 Å². The highest BCUT2D eigenvalue weighted by molar-refractivity contribution is 6.02. The number of Topliss-reactive ketones (excluding diaryl/α,β-unsaturated/α-hetero) is 1. The van der Waals surface area contributed by atoms with Crippen LogP contribution in [0.4, 0.5) is 11.5 Å². The first-order valence-corrected chi connectivity index (χ1v) is 11.5. The van der Waals surface area contributed by atoms with Gasteiger partial charge < -0.3 is 15.4 Å². The number of hydrogen-bond acceptors (Lipinski definition) is 6. The van der Waals surface area contributed by atoms with Gasteiger partial charge in [-0.05, 0) is 35.4 Å². The molecule has 0 amide bonds. The average Bonchev–Trinajstić information content (AvgIpc) is 2.91. The van der Waals surface area contributed by atoms with Gasteiger partial charge in [0.2, 0.25) is 0 Å². The molecule has 0 aliphatic heterocycles. The molecule has 0 bridgehead atoms. The molecule has 0 saturated heterocycles. The standard InChI is InChI=1S/C28H28N4O4/c1-30-27(34)25(26(29)32(28(30)35)18-21-11-7-4-8-12-21)24(33)19-31(17-20-9-5-3-6-10-20)22-13-15-23(36-2)16-14-22/h3-16H,17-19,29H2,1-2H3. The van der Waals surface area contributed by atoms with E-state index in [4.69, 9.17) is 10.5 Å². The molecule has 36 heavy (non-hydrogen) atoms. The van der Waals surface area contributed by atoms with Gasteiger partial charge in [0.1, 0.15) is 17.1 Å². The zero-order chi connectivity index (χ0) is 25.7. The van der Waals surface area contributed by atoms with E-state index >= 15 is 0 Å². The summed E-state index contributed by atoms with van der Waals surface area (Å²) in [6.07, 6.45) is 0. The molecule has 2 N–H and O–H groups in total. The number of anilines is 2. The second kappa shape index (κ2) is 10.8. The summed E-state index contributed by atoms with van der Waals surface area (Å²) >= 11 is 0. The lowest BCUT2D eigenvalue weighted by Gasteiger charge is -2.25. The fourth-order valence-corrected chi connectivity index (χ4v) is 4.05. The Morgan fingerprint density at radius 2 is 1.47 bits per heavy atom. The summed E-state index contributed by atoms with van der Waals surface area (Å²) in [5, 5.41) is 0. The second-order valence-electron chi connectivity index (χ2n) is 8.44. The van der Waals surface area contributed by atoms with Crippen molar-refractivity contribution in [1.29, 1.82) is 0 Å². The van der Waals surface area contributed by atoms with Gasteiger partial charge in [0.05, 0.1) is 20.2 Å². The highest BCUT2D eigenvalue weighted by atomic mass is 16.5. The van der Waals surface area contributed by atoms with Crippen LogP contribution in [0.3, 0.4) is 0 Å². The Morgan fingerprint density at radius 1 is 0.889 bits per heavy atom. The Morgan fingerprint density at radius 3 is 2.06 bits per heavy atom. The number of nitrogen functional groups attached to an aromatic ring is 1. The molecular formula is C28H28N4O4. The third-order valence-corrected chi connectivity index (χ3v) is 6.03. The van der Waals surface area contributed by atoms with Crippen LogP contribution in [-0.4, -0.2) is 28.6 Å². The van der Waals surface area contributed by atoms with Crippen molar-refractivity contribution in [2.45, 2.75) is 13.1 Å². The molecule has 1 aromatic heterocycles. The van der Waals surface area contributed by atoms with Crippen LogP contribution in [0.1, 0.15) is 21.5 Å². The van der Waals surface area contributed by atoms with Gasteiger partial charge in [-0.25, -0.2) is 4.79 Å². The van der Waals surface area contributed by atoms with Crippen LogP contribution in [0.25, 0.3) is 0 Å². The maximum absolute atomic E-state index is 13.6. The molecule has 4 rings (SSSR count). The van der Waals surface area contributed by atoms with Crippen LogP contribution in [0, 0.1) is 0 Å². The number of aromatic nitrogens is 2. The summed E-state index contributed by atoms with van der Waals surface area (Å²) in [6.45, 7) is 0.471. The van der Waals surface area contributed by atoms with Gasteiger partial charge in [-0.3, -0.25) is 18.7 Å². The predicted molar refractivity (Wildman–Crippen MR) is 141 cm³/mol. The van der Waals surface area contributed by atoms with Crippen molar-refractivity contribution >= 4 is 17.3 Å². The highest BCUT2D eigenvalue weighted by Crippen LogP contribution is 2.22. The number of nitrogens with two attached hydrogens (primary N) is 1. The van der Waals surface area contributed by atoms with E-state index in [1.54, 1.807) is 7.11 Å². The fourth-order valence-electron chi connectivity index (χ4n) is 4.05. The SMILES string of the molecule is COc1ccc(N(CC(=O)c2c(N)n(Cc3ccccc3)c(=O)n(C)c2=O)Cc2ccccc2)cc1. The van der Waals surface area contributed by atoms with E-state index in [0.29, 0.717) is 12.3 Å². The summed E-state index contributed by atoms with van der Waals surface area (Å²) in [5.41, 5.74) is 7.43. The lowest BCUT2D eigenvalue weighted by atomic mass is 10.1. The molecule has 0 saturated carbocycles. The van der Waals surface area contributed by atoms with E-state index in [2.05, 4.69) is 0 Å². The summed E-state index contributed by atoms with van der Waals surface area (Å²) in [7, 11) is 2.94. The minimum Gasteiger partial charge on any atom is -0.497 e. The minimum atomic E-state index is -0.707. The first-order valence-electron chi connectivity index (χ1n) is 11.5. The quantitative estimate of drug-likeness (QED) is 0.367. The van der Waals surface area contributed by atoms with Crippen LogP contribution in [-0.2, 0) is 20.1 Å².